The summed E-state index contributed by atoms with van der Waals surface area (Å²) in [4.78, 5) is 8.91. The molecule has 3 rings (SSSR count). The standard InChI is InChI=1S/C20H30N6O/c1-3-21-20(23-14-19-24-15-25-26(19)2)22-13-16-8-7-11-18(12-16)27-17-9-5-4-6-10-17/h7-8,11-12,15,17H,3-6,9-10,13-14H2,1-2H3,(H2,21,22,23). The average Bonchev–Trinajstić information content (AvgIpc) is 3.10. The van der Waals surface area contributed by atoms with Crippen LogP contribution in [0.3, 0.4) is 0 Å². The van der Waals surface area contributed by atoms with Crippen LogP contribution in [0.4, 0.5) is 0 Å². The summed E-state index contributed by atoms with van der Waals surface area (Å²) >= 11 is 0. The zero-order valence-corrected chi connectivity index (χ0v) is 16.3. The summed E-state index contributed by atoms with van der Waals surface area (Å²) in [6.45, 7) is 4.02. The van der Waals surface area contributed by atoms with Gasteiger partial charge in [0.1, 0.15) is 17.9 Å². The molecule has 1 heterocycles. The Morgan fingerprint density at radius 3 is 2.85 bits per heavy atom. The van der Waals surface area contributed by atoms with Crippen molar-refractivity contribution < 1.29 is 4.74 Å². The van der Waals surface area contributed by atoms with Crippen molar-refractivity contribution in [2.24, 2.45) is 12.0 Å². The van der Waals surface area contributed by atoms with Crippen LogP contribution in [0.25, 0.3) is 0 Å². The monoisotopic (exact) mass is 370 g/mol. The van der Waals surface area contributed by atoms with E-state index in [0.29, 0.717) is 19.2 Å². The molecule has 1 saturated carbocycles. The Morgan fingerprint density at radius 2 is 2.11 bits per heavy atom. The van der Waals surface area contributed by atoms with Crippen LogP contribution < -0.4 is 15.4 Å². The van der Waals surface area contributed by atoms with E-state index in [2.05, 4.69) is 44.8 Å². The quantitative estimate of drug-likeness (QED) is 0.579. The van der Waals surface area contributed by atoms with E-state index in [9.17, 15) is 0 Å². The first-order valence-corrected chi connectivity index (χ1v) is 9.85. The molecular formula is C20H30N6O. The summed E-state index contributed by atoms with van der Waals surface area (Å²) in [6, 6.07) is 8.27. The largest absolute Gasteiger partial charge is 0.490 e. The van der Waals surface area contributed by atoms with Crippen molar-refractivity contribution in [1.82, 2.24) is 25.4 Å². The van der Waals surface area contributed by atoms with Crippen LogP contribution in [0.2, 0.25) is 0 Å². The molecule has 7 heteroatoms. The van der Waals surface area contributed by atoms with Crippen LogP contribution in [-0.4, -0.2) is 33.4 Å². The van der Waals surface area contributed by atoms with Gasteiger partial charge in [-0.2, -0.15) is 5.10 Å². The molecule has 1 fully saturated rings. The van der Waals surface area contributed by atoms with Crippen molar-refractivity contribution in [1.29, 1.82) is 0 Å². The predicted octanol–water partition coefficient (Wildman–Crippen LogP) is 2.78. The van der Waals surface area contributed by atoms with Gasteiger partial charge in [-0.15, -0.1) is 0 Å². The zero-order chi connectivity index (χ0) is 18.9. The van der Waals surface area contributed by atoms with E-state index in [1.165, 1.54) is 32.1 Å². The van der Waals surface area contributed by atoms with Crippen molar-refractivity contribution >= 4 is 5.96 Å². The third-order valence-corrected chi connectivity index (χ3v) is 4.74. The van der Waals surface area contributed by atoms with Gasteiger partial charge < -0.3 is 15.4 Å². The minimum absolute atomic E-state index is 0.364. The molecule has 1 aliphatic carbocycles. The number of aryl methyl sites for hydroxylation is 1. The van der Waals surface area contributed by atoms with Crippen LogP contribution in [0.15, 0.2) is 35.6 Å². The lowest BCUT2D eigenvalue weighted by molar-refractivity contribution is 0.155. The van der Waals surface area contributed by atoms with Gasteiger partial charge in [0.25, 0.3) is 0 Å². The predicted molar refractivity (Wildman–Crippen MR) is 107 cm³/mol. The lowest BCUT2D eigenvalue weighted by Gasteiger charge is -2.23. The molecule has 0 radical (unpaired) electrons. The lowest BCUT2D eigenvalue weighted by atomic mass is 9.98. The molecule has 0 atom stereocenters. The second kappa shape index (κ2) is 9.94. The van der Waals surface area contributed by atoms with E-state index in [4.69, 9.17) is 4.74 Å². The van der Waals surface area contributed by atoms with Crippen molar-refractivity contribution in [2.75, 3.05) is 6.54 Å². The molecule has 2 aromatic rings. The number of hydrogen-bond acceptors (Lipinski definition) is 4. The van der Waals surface area contributed by atoms with Gasteiger partial charge in [0, 0.05) is 13.6 Å². The maximum atomic E-state index is 6.16. The summed E-state index contributed by atoms with van der Waals surface area (Å²) in [5, 5.41) is 10.6. The highest BCUT2D eigenvalue weighted by molar-refractivity contribution is 5.79. The molecule has 146 valence electrons. The Hall–Kier alpha value is -2.57. The number of benzene rings is 1. The second-order valence-corrected chi connectivity index (χ2v) is 6.87. The number of aliphatic imine (C=N–C) groups is 1. The Balaban J connectivity index is 1.57. The number of nitrogens with zero attached hydrogens (tertiary/aromatic N) is 4. The summed E-state index contributed by atoms with van der Waals surface area (Å²) in [6.07, 6.45) is 8.14. The number of ether oxygens (including phenoxy) is 1. The molecule has 1 aromatic carbocycles. The molecule has 0 spiro atoms. The molecule has 7 nitrogen and oxygen atoms in total. The van der Waals surface area contributed by atoms with Gasteiger partial charge in [-0.1, -0.05) is 18.6 Å². The topological polar surface area (TPSA) is 76.4 Å². The maximum Gasteiger partial charge on any atom is 0.191 e. The van der Waals surface area contributed by atoms with Crippen LogP contribution in [0.5, 0.6) is 5.75 Å². The smallest absolute Gasteiger partial charge is 0.191 e. The Morgan fingerprint density at radius 1 is 1.26 bits per heavy atom. The molecular weight excluding hydrogens is 340 g/mol. The highest BCUT2D eigenvalue weighted by Gasteiger charge is 2.14. The fourth-order valence-electron chi connectivity index (χ4n) is 3.25. The first kappa shape index (κ1) is 19.2. The van der Waals surface area contributed by atoms with Crippen molar-refractivity contribution in [3.8, 4) is 5.75 Å². The van der Waals surface area contributed by atoms with Gasteiger partial charge in [-0.05, 0) is 50.3 Å². The molecule has 0 amide bonds. The summed E-state index contributed by atoms with van der Waals surface area (Å²) in [7, 11) is 1.88. The van der Waals surface area contributed by atoms with E-state index in [1.807, 2.05) is 19.2 Å². The summed E-state index contributed by atoms with van der Waals surface area (Å²) in [5.74, 6) is 2.58. The normalized spacial score (nSPS) is 15.6. The Kier molecular flexibility index (Phi) is 7.07. The van der Waals surface area contributed by atoms with Crippen LogP contribution >= 0.6 is 0 Å². The minimum atomic E-state index is 0.364. The highest BCUT2D eigenvalue weighted by Crippen LogP contribution is 2.24. The molecule has 27 heavy (non-hydrogen) atoms. The Labute approximate surface area is 161 Å². The number of rotatable bonds is 7. The minimum Gasteiger partial charge on any atom is -0.490 e. The second-order valence-electron chi connectivity index (χ2n) is 6.87. The molecule has 0 bridgehead atoms. The first-order valence-electron chi connectivity index (χ1n) is 9.85. The average molecular weight is 371 g/mol. The van der Waals surface area contributed by atoms with E-state index in [-0.39, 0.29) is 0 Å². The zero-order valence-electron chi connectivity index (χ0n) is 16.3. The number of aromatic nitrogens is 3. The van der Waals surface area contributed by atoms with Crippen molar-refractivity contribution in [2.45, 2.75) is 58.2 Å². The lowest BCUT2D eigenvalue weighted by Crippen LogP contribution is -2.37. The highest BCUT2D eigenvalue weighted by atomic mass is 16.5. The molecule has 2 N–H and O–H groups in total. The number of hydrogen-bond donors (Lipinski definition) is 2. The maximum absolute atomic E-state index is 6.16. The summed E-state index contributed by atoms with van der Waals surface area (Å²) < 4.78 is 7.91. The first-order chi connectivity index (χ1) is 13.2. The SMILES string of the molecule is CCNC(=NCc1cccc(OC2CCCCC2)c1)NCc1ncnn1C. The van der Waals surface area contributed by atoms with Crippen LogP contribution in [0, 0.1) is 0 Å². The fraction of sp³-hybridized carbons (Fsp3) is 0.550. The van der Waals surface area contributed by atoms with E-state index >= 15 is 0 Å². The fourth-order valence-corrected chi connectivity index (χ4v) is 3.25. The molecule has 0 aliphatic heterocycles. The number of guanidine groups is 1. The van der Waals surface area contributed by atoms with Crippen molar-refractivity contribution in [3.05, 3.63) is 42.0 Å². The van der Waals surface area contributed by atoms with E-state index < -0.39 is 0 Å². The van der Waals surface area contributed by atoms with E-state index in [1.54, 1.807) is 11.0 Å². The molecule has 0 unspecified atom stereocenters. The van der Waals surface area contributed by atoms with E-state index in [0.717, 1.165) is 29.6 Å². The third-order valence-electron chi connectivity index (χ3n) is 4.74. The molecule has 1 aliphatic rings. The van der Waals surface area contributed by atoms with Gasteiger partial charge in [-0.3, -0.25) is 4.68 Å². The Bertz CT molecular complexity index is 736. The third kappa shape index (κ3) is 5.98. The van der Waals surface area contributed by atoms with Gasteiger partial charge in [0.15, 0.2) is 5.96 Å². The van der Waals surface area contributed by atoms with Crippen LogP contribution in [-0.2, 0) is 20.1 Å². The van der Waals surface area contributed by atoms with Gasteiger partial charge in [0.2, 0.25) is 0 Å². The number of nitrogens with one attached hydrogen (secondary N) is 2. The van der Waals surface area contributed by atoms with Gasteiger partial charge in [-0.25, -0.2) is 9.98 Å². The van der Waals surface area contributed by atoms with Gasteiger partial charge >= 0.3 is 0 Å². The van der Waals surface area contributed by atoms with Gasteiger partial charge in [0.05, 0.1) is 19.2 Å². The molecule has 1 aromatic heterocycles. The van der Waals surface area contributed by atoms with Crippen molar-refractivity contribution in [3.63, 3.8) is 0 Å². The molecule has 0 saturated heterocycles. The van der Waals surface area contributed by atoms with Crippen LogP contribution in [0.1, 0.15) is 50.4 Å². The summed E-state index contributed by atoms with van der Waals surface area (Å²) in [5.41, 5.74) is 1.14.